The number of thioether (sulfide) groups is 1. The van der Waals surface area contributed by atoms with Crippen LogP contribution in [-0.4, -0.2) is 28.4 Å². The zero-order valence-electron chi connectivity index (χ0n) is 9.63. The Bertz CT molecular complexity index is 426. The molecule has 92 valence electrons. The van der Waals surface area contributed by atoms with Crippen molar-refractivity contribution in [2.24, 2.45) is 0 Å². The summed E-state index contributed by atoms with van der Waals surface area (Å²) < 4.78 is 4.83. The minimum atomic E-state index is -0.401. The van der Waals surface area contributed by atoms with E-state index in [1.54, 1.807) is 18.4 Å². The van der Waals surface area contributed by atoms with Crippen molar-refractivity contribution in [3.05, 3.63) is 22.2 Å². The Morgan fingerprint density at radius 2 is 2.35 bits per heavy atom. The van der Waals surface area contributed by atoms with Crippen LogP contribution < -0.4 is 0 Å². The van der Waals surface area contributed by atoms with Crippen LogP contribution >= 0.6 is 23.1 Å². The molecule has 0 aromatic carbocycles. The number of aromatic nitrogens is 1. The van der Waals surface area contributed by atoms with Gasteiger partial charge in [-0.2, -0.15) is 0 Å². The summed E-state index contributed by atoms with van der Waals surface area (Å²) in [5.74, 6) is 0.213. The van der Waals surface area contributed by atoms with E-state index in [0.717, 1.165) is 5.01 Å². The maximum Gasteiger partial charge on any atom is 0.357 e. The first-order chi connectivity index (χ1) is 8.13. The SMILES string of the molecule is CCOC(=O)c1csc(C=CCSC(C)=O)n1. The average Bonchev–Trinajstić information content (AvgIpc) is 2.73. The molecule has 1 heterocycles. The monoisotopic (exact) mass is 271 g/mol. The van der Waals surface area contributed by atoms with Crippen molar-refractivity contribution in [1.82, 2.24) is 4.98 Å². The second kappa shape index (κ2) is 7.24. The Morgan fingerprint density at radius 1 is 1.59 bits per heavy atom. The zero-order valence-corrected chi connectivity index (χ0v) is 11.3. The molecule has 6 heteroatoms. The predicted molar refractivity (Wildman–Crippen MR) is 70.2 cm³/mol. The lowest BCUT2D eigenvalue weighted by Crippen LogP contribution is -2.04. The van der Waals surface area contributed by atoms with E-state index >= 15 is 0 Å². The smallest absolute Gasteiger partial charge is 0.357 e. The van der Waals surface area contributed by atoms with E-state index in [1.807, 2.05) is 6.08 Å². The van der Waals surface area contributed by atoms with Gasteiger partial charge in [0, 0.05) is 18.1 Å². The molecule has 0 amide bonds. The van der Waals surface area contributed by atoms with Crippen molar-refractivity contribution in [3.63, 3.8) is 0 Å². The van der Waals surface area contributed by atoms with Gasteiger partial charge < -0.3 is 4.74 Å². The van der Waals surface area contributed by atoms with E-state index in [0.29, 0.717) is 18.1 Å². The summed E-state index contributed by atoms with van der Waals surface area (Å²) >= 11 is 2.60. The van der Waals surface area contributed by atoms with Crippen LogP contribution in [0.2, 0.25) is 0 Å². The normalized spacial score (nSPS) is 10.7. The molecule has 0 saturated carbocycles. The van der Waals surface area contributed by atoms with Crippen molar-refractivity contribution in [2.45, 2.75) is 13.8 Å². The summed E-state index contributed by atoms with van der Waals surface area (Å²) in [6, 6.07) is 0. The van der Waals surface area contributed by atoms with E-state index in [-0.39, 0.29) is 5.12 Å². The summed E-state index contributed by atoms with van der Waals surface area (Å²) in [7, 11) is 0. The highest BCUT2D eigenvalue weighted by molar-refractivity contribution is 8.13. The Kier molecular flexibility index (Phi) is 5.93. The van der Waals surface area contributed by atoms with Crippen molar-refractivity contribution >= 4 is 40.3 Å². The molecule has 0 aliphatic carbocycles. The first-order valence-corrected chi connectivity index (χ1v) is 6.92. The molecule has 4 nitrogen and oxygen atoms in total. The molecule has 0 aliphatic heterocycles. The van der Waals surface area contributed by atoms with Crippen LogP contribution in [0.4, 0.5) is 0 Å². The van der Waals surface area contributed by atoms with Gasteiger partial charge in [-0.25, -0.2) is 9.78 Å². The molecule has 0 saturated heterocycles. The maximum absolute atomic E-state index is 11.3. The van der Waals surface area contributed by atoms with Gasteiger partial charge in [0.15, 0.2) is 10.8 Å². The molecule has 0 atom stereocenters. The molecule has 0 fully saturated rings. The highest BCUT2D eigenvalue weighted by Gasteiger charge is 2.09. The van der Waals surface area contributed by atoms with Gasteiger partial charge in [-0.15, -0.1) is 11.3 Å². The Balaban J connectivity index is 2.50. The first kappa shape index (κ1) is 13.9. The van der Waals surface area contributed by atoms with Gasteiger partial charge in [-0.05, 0) is 13.0 Å². The Morgan fingerprint density at radius 3 is 3.00 bits per heavy atom. The molecule has 17 heavy (non-hydrogen) atoms. The number of carbonyl (C=O) groups excluding carboxylic acids is 2. The van der Waals surface area contributed by atoms with Gasteiger partial charge in [0.2, 0.25) is 0 Å². The van der Waals surface area contributed by atoms with Crippen molar-refractivity contribution in [1.29, 1.82) is 0 Å². The number of hydrogen-bond donors (Lipinski definition) is 0. The van der Waals surface area contributed by atoms with E-state index in [9.17, 15) is 9.59 Å². The standard InChI is InChI=1S/C11H13NO3S2/c1-3-15-11(14)9-7-17-10(12-9)5-4-6-16-8(2)13/h4-5,7H,3,6H2,1-2H3. The second-order valence-electron chi connectivity index (χ2n) is 3.00. The van der Waals surface area contributed by atoms with E-state index < -0.39 is 5.97 Å². The van der Waals surface area contributed by atoms with Crippen LogP contribution in [0, 0.1) is 0 Å². The fourth-order valence-corrected chi connectivity index (χ4v) is 2.11. The number of carbonyl (C=O) groups is 2. The van der Waals surface area contributed by atoms with Gasteiger partial charge >= 0.3 is 5.97 Å². The molecular weight excluding hydrogens is 258 g/mol. The van der Waals surface area contributed by atoms with Crippen molar-refractivity contribution in [3.8, 4) is 0 Å². The molecule has 0 unspecified atom stereocenters. The minimum absolute atomic E-state index is 0.0843. The van der Waals surface area contributed by atoms with Gasteiger partial charge in [0.25, 0.3) is 0 Å². The maximum atomic E-state index is 11.3. The third kappa shape index (κ3) is 5.14. The van der Waals surface area contributed by atoms with Gasteiger partial charge in [0.05, 0.1) is 6.61 Å². The van der Waals surface area contributed by atoms with Crippen LogP contribution in [0.25, 0.3) is 6.08 Å². The fourth-order valence-electron chi connectivity index (χ4n) is 0.977. The first-order valence-electron chi connectivity index (χ1n) is 5.06. The van der Waals surface area contributed by atoms with E-state index in [4.69, 9.17) is 4.74 Å². The summed E-state index contributed by atoms with van der Waals surface area (Å²) in [6.07, 6.45) is 3.64. The topological polar surface area (TPSA) is 56.3 Å². The fraction of sp³-hybridized carbons (Fsp3) is 0.364. The number of esters is 1. The Hall–Kier alpha value is -1.14. The number of ether oxygens (including phenoxy) is 1. The van der Waals surface area contributed by atoms with Crippen molar-refractivity contribution in [2.75, 3.05) is 12.4 Å². The molecular formula is C11H13NO3S2. The van der Waals surface area contributed by atoms with Crippen LogP contribution in [0.5, 0.6) is 0 Å². The average molecular weight is 271 g/mol. The molecule has 0 bridgehead atoms. The number of thiazole rings is 1. The minimum Gasteiger partial charge on any atom is -0.461 e. The summed E-state index contributed by atoms with van der Waals surface area (Å²) in [6.45, 7) is 3.63. The van der Waals surface area contributed by atoms with Gasteiger partial charge in [0.1, 0.15) is 5.01 Å². The molecule has 0 aliphatic rings. The van der Waals surface area contributed by atoms with Crippen LogP contribution in [0.1, 0.15) is 29.3 Å². The van der Waals surface area contributed by atoms with Crippen LogP contribution in [-0.2, 0) is 9.53 Å². The van der Waals surface area contributed by atoms with Crippen LogP contribution in [0.3, 0.4) is 0 Å². The van der Waals surface area contributed by atoms with Gasteiger partial charge in [-0.3, -0.25) is 4.79 Å². The third-order valence-corrected chi connectivity index (χ3v) is 3.23. The quantitative estimate of drug-likeness (QED) is 0.770. The Labute approximate surface area is 108 Å². The molecule has 0 N–H and O–H groups in total. The zero-order chi connectivity index (χ0) is 12.7. The highest BCUT2D eigenvalue weighted by Crippen LogP contribution is 2.13. The molecule has 0 spiro atoms. The summed E-state index contributed by atoms with van der Waals surface area (Å²) in [5, 5.41) is 2.48. The van der Waals surface area contributed by atoms with Crippen LogP contribution in [0.15, 0.2) is 11.5 Å². The molecule has 0 radical (unpaired) electrons. The van der Waals surface area contributed by atoms with E-state index in [1.165, 1.54) is 30.0 Å². The van der Waals surface area contributed by atoms with E-state index in [2.05, 4.69) is 4.98 Å². The number of nitrogens with zero attached hydrogens (tertiary/aromatic N) is 1. The lowest BCUT2D eigenvalue weighted by molar-refractivity contribution is -0.109. The third-order valence-electron chi connectivity index (χ3n) is 1.65. The molecule has 1 aromatic heterocycles. The molecule has 1 rings (SSSR count). The largest absolute Gasteiger partial charge is 0.461 e. The second-order valence-corrected chi connectivity index (χ2v) is 5.08. The van der Waals surface area contributed by atoms with Gasteiger partial charge in [-0.1, -0.05) is 17.8 Å². The lowest BCUT2D eigenvalue weighted by Gasteiger charge is -1.95. The van der Waals surface area contributed by atoms with Crippen molar-refractivity contribution < 1.29 is 14.3 Å². The molecule has 1 aromatic rings. The summed E-state index contributed by atoms with van der Waals surface area (Å²) in [4.78, 5) is 26.1. The predicted octanol–water partition coefficient (Wildman–Crippen LogP) is 2.61. The number of hydrogen-bond acceptors (Lipinski definition) is 6. The highest BCUT2D eigenvalue weighted by atomic mass is 32.2. The lowest BCUT2D eigenvalue weighted by atomic mass is 10.5. The number of rotatable bonds is 5. The summed E-state index contributed by atoms with van der Waals surface area (Å²) in [5.41, 5.74) is 0.329.